The zero-order chi connectivity index (χ0) is 28.5. The average molecular weight is 560 g/mol. The van der Waals surface area contributed by atoms with Crippen LogP contribution in [-0.2, 0) is 14.2 Å². The SMILES string of the molecule is C[C@@H]1CC([C@H](O)C(C)(C)O)OC2C[C@@]3(C)[C@@H]4CCC5C(C)(C)C(OC6CNCCO6)CC[C@@]56C[C@@]46CC[C@]3(C)C21. The first-order valence-electron chi connectivity index (χ1n) is 16.7. The summed E-state index contributed by atoms with van der Waals surface area (Å²) < 4.78 is 19.5. The van der Waals surface area contributed by atoms with Crippen LogP contribution < -0.4 is 5.32 Å². The summed E-state index contributed by atoms with van der Waals surface area (Å²) >= 11 is 0. The highest BCUT2D eigenvalue weighted by atomic mass is 16.7. The van der Waals surface area contributed by atoms with E-state index in [9.17, 15) is 10.2 Å². The van der Waals surface area contributed by atoms with Crippen LogP contribution in [0.1, 0.15) is 106 Å². The fourth-order valence-corrected chi connectivity index (χ4v) is 13.0. The molecule has 0 aromatic carbocycles. The third-order valence-electron chi connectivity index (χ3n) is 14.9. The van der Waals surface area contributed by atoms with Crippen molar-refractivity contribution < 1.29 is 24.4 Å². The number of fused-ring (bicyclic) bond motifs is 4. The summed E-state index contributed by atoms with van der Waals surface area (Å²) in [5, 5.41) is 25.0. The fraction of sp³-hybridized carbons (Fsp3) is 1.00. The molecule has 7 fully saturated rings. The normalized spacial score (nSPS) is 55.7. The third kappa shape index (κ3) is 3.62. The lowest BCUT2D eigenvalue weighted by Crippen LogP contribution is -2.59. The van der Waals surface area contributed by atoms with Crippen LogP contribution in [0.5, 0.6) is 0 Å². The molecule has 0 amide bonds. The van der Waals surface area contributed by atoms with Crippen LogP contribution in [0, 0.1) is 50.7 Å². The highest BCUT2D eigenvalue weighted by Crippen LogP contribution is 2.89. The molecule has 0 aromatic rings. The summed E-state index contributed by atoms with van der Waals surface area (Å²) in [6, 6.07) is 0. The van der Waals surface area contributed by atoms with Gasteiger partial charge in [0.15, 0.2) is 6.29 Å². The molecule has 7 aliphatic rings. The Labute approximate surface area is 242 Å². The molecule has 2 spiro atoms. The van der Waals surface area contributed by atoms with Crippen molar-refractivity contribution in [1.82, 2.24) is 5.32 Å². The van der Waals surface area contributed by atoms with Gasteiger partial charge in [-0.05, 0) is 122 Å². The maximum absolute atomic E-state index is 11.0. The van der Waals surface area contributed by atoms with E-state index in [1.807, 2.05) is 0 Å². The minimum Gasteiger partial charge on any atom is -0.388 e. The number of aliphatic hydroxyl groups excluding tert-OH is 1. The second-order valence-corrected chi connectivity index (χ2v) is 17.3. The Hall–Kier alpha value is -0.240. The summed E-state index contributed by atoms with van der Waals surface area (Å²) in [7, 11) is 0. The molecule has 40 heavy (non-hydrogen) atoms. The third-order valence-corrected chi connectivity index (χ3v) is 14.9. The molecule has 0 aromatic heterocycles. The number of rotatable bonds is 4. The van der Waals surface area contributed by atoms with Gasteiger partial charge in [-0.3, -0.25) is 0 Å². The number of ether oxygens (including phenoxy) is 3. The fourth-order valence-electron chi connectivity index (χ4n) is 13.0. The van der Waals surface area contributed by atoms with Crippen molar-refractivity contribution >= 4 is 0 Å². The predicted octanol–water partition coefficient (Wildman–Crippen LogP) is 5.29. The van der Waals surface area contributed by atoms with E-state index in [4.69, 9.17) is 14.2 Å². The van der Waals surface area contributed by atoms with Crippen molar-refractivity contribution in [2.45, 2.75) is 143 Å². The molecule has 3 N–H and O–H groups in total. The molecule has 2 saturated heterocycles. The van der Waals surface area contributed by atoms with Crippen molar-refractivity contribution in [2.75, 3.05) is 19.7 Å². The summed E-state index contributed by atoms with van der Waals surface area (Å²) in [5.41, 5.74) is 0.519. The van der Waals surface area contributed by atoms with Gasteiger partial charge in [-0.1, -0.05) is 34.6 Å². The minimum atomic E-state index is -1.14. The molecular weight excluding hydrogens is 502 g/mol. The van der Waals surface area contributed by atoms with Gasteiger partial charge in [-0.25, -0.2) is 0 Å². The lowest BCUT2D eigenvalue weighted by molar-refractivity contribution is -0.235. The Bertz CT molecular complexity index is 1000. The molecule has 2 aliphatic heterocycles. The van der Waals surface area contributed by atoms with Crippen LogP contribution in [0.3, 0.4) is 0 Å². The molecule has 0 radical (unpaired) electrons. The van der Waals surface area contributed by atoms with Crippen molar-refractivity contribution in [2.24, 2.45) is 50.7 Å². The number of hydrogen-bond acceptors (Lipinski definition) is 6. The molecule has 6 unspecified atom stereocenters. The number of nitrogens with one attached hydrogen (secondary N) is 1. The van der Waals surface area contributed by atoms with Gasteiger partial charge in [0.1, 0.15) is 6.10 Å². The number of hydrogen-bond donors (Lipinski definition) is 3. The van der Waals surface area contributed by atoms with Crippen LogP contribution in [0.4, 0.5) is 0 Å². The Kier molecular flexibility index (Phi) is 6.35. The van der Waals surface area contributed by atoms with E-state index in [0.717, 1.165) is 50.8 Å². The molecule has 6 nitrogen and oxygen atoms in total. The molecule has 6 heteroatoms. The Morgan fingerprint density at radius 1 is 0.975 bits per heavy atom. The zero-order valence-corrected chi connectivity index (χ0v) is 26.3. The summed E-state index contributed by atoms with van der Waals surface area (Å²) in [4.78, 5) is 0. The van der Waals surface area contributed by atoms with Gasteiger partial charge in [0.2, 0.25) is 0 Å². The van der Waals surface area contributed by atoms with E-state index in [1.165, 1.54) is 38.5 Å². The molecule has 228 valence electrons. The van der Waals surface area contributed by atoms with Gasteiger partial charge in [-0.15, -0.1) is 0 Å². The van der Waals surface area contributed by atoms with Gasteiger partial charge in [0, 0.05) is 13.1 Å². The molecular formula is C34H57NO5. The number of aliphatic hydroxyl groups is 2. The van der Waals surface area contributed by atoms with Gasteiger partial charge in [-0.2, -0.15) is 0 Å². The topological polar surface area (TPSA) is 80.2 Å². The van der Waals surface area contributed by atoms with E-state index < -0.39 is 11.7 Å². The van der Waals surface area contributed by atoms with Gasteiger partial charge < -0.3 is 29.7 Å². The Morgan fingerprint density at radius 3 is 2.40 bits per heavy atom. The standard InChI is InChI=1S/C34H57NO5/c1-20-16-21(28(36)30(4,5)37)39-22-17-32(7)24-9-8-23-29(2,3)25(40-26-18-35-14-15-38-26)10-11-33(23)19-34(24,33)13-12-31(32,6)27(20)22/h20-28,35-37H,8-19H2,1-7H3/t20-,21?,22?,23?,24+,25?,26?,27?,28+,31-,32+,33-,34+/m1/s1. The molecule has 0 bridgehead atoms. The van der Waals surface area contributed by atoms with E-state index in [0.29, 0.717) is 22.7 Å². The quantitative estimate of drug-likeness (QED) is 0.434. The highest BCUT2D eigenvalue weighted by Gasteiger charge is 2.83. The lowest BCUT2D eigenvalue weighted by Gasteiger charge is -2.63. The van der Waals surface area contributed by atoms with E-state index in [-0.39, 0.29) is 40.8 Å². The second-order valence-electron chi connectivity index (χ2n) is 17.3. The van der Waals surface area contributed by atoms with E-state index in [1.54, 1.807) is 13.8 Å². The first-order chi connectivity index (χ1) is 18.7. The van der Waals surface area contributed by atoms with Gasteiger partial charge >= 0.3 is 0 Å². The van der Waals surface area contributed by atoms with Gasteiger partial charge in [0.25, 0.3) is 0 Å². The van der Waals surface area contributed by atoms with Crippen molar-refractivity contribution in [1.29, 1.82) is 0 Å². The maximum atomic E-state index is 11.0. The minimum absolute atomic E-state index is 0.103. The van der Waals surface area contributed by atoms with Crippen molar-refractivity contribution in [3.8, 4) is 0 Å². The molecule has 2 heterocycles. The molecule has 5 aliphatic carbocycles. The summed E-state index contributed by atoms with van der Waals surface area (Å²) in [6.45, 7) is 18.6. The van der Waals surface area contributed by atoms with Crippen molar-refractivity contribution in [3.63, 3.8) is 0 Å². The zero-order valence-electron chi connectivity index (χ0n) is 26.3. The Morgan fingerprint density at radius 2 is 1.70 bits per heavy atom. The van der Waals surface area contributed by atoms with Gasteiger partial charge in [0.05, 0.1) is 30.5 Å². The summed E-state index contributed by atoms with van der Waals surface area (Å²) in [5.74, 6) is 2.52. The van der Waals surface area contributed by atoms with Crippen LogP contribution in [0.25, 0.3) is 0 Å². The van der Waals surface area contributed by atoms with E-state index in [2.05, 4.69) is 39.9 Å². The monoisotopic (exact) mass is 559 g/mol. The first-order valence-corrected chi connectivity index (χ1v) is 16.7. The van der Waals surface area contributed by atoms with Crippen LogP contribution >= 0.6 is 0 Å². The number of morpholine rings is 1. The highest BCUT2D eigenvalue weighted by molar-refractivity contribution is 5.31. The van der Waals surface area contributed by atoms with Crippen LogP contribution in [-0.4, -0.2) is 66.2 Å². The molecule has 7 rings (SSSR count). The van der Waals surface area contributed by atoms with E-state index >= 15 is 0 Å². The Balaban J connectivity index is 1.14. The molecule has 5 saturated carbocycles. The van der Waals surface area contributed by atoms with Crippen LogP contribution in [0.15, 0.2) is 0 Å². The lowest BCUT2D eigenvalue weighted by atomic mass is 9.41. The summed E-state index contributed by atoms with van der Waals surface area (Å²) in [6.07, 6.45) is 10.4. The second kappa shape index (κ2) is 8.91. The first kappa shape index (κ1) is 28.5. The molecule has 13 atom stereocenters. The largest absolute Gasteiger partial charge is 0.388 e. The smallest absolute Gasteiger partial charge is 0.170 e. The predicted molar refractivity (Wildman–Crippen MR) is 154 cm³/mol. The average Bonchev–Trinajstić information content (AvgIpc) is 3.48. The van der Waals surface area contributed by atoms with Crippen LogP contribution in [0.2, 0.25) is 0 Å². The maximum Gasteiger partial charge on any atom is 0.170 e. The van der Waals surface area contributed by atoms with Crippen molar-refractivity contribution in [3.05, 3.63) is 0 Å².